The molecule has 0 saturated heterocycles. The van der Waals surface area contributed by atoms with Gasteiger partial charge in [0.05, 0.1) is 13.2 Å². The van der Waals surface area contributed by atoms with Crippen LogP contribution in [0.15, 0.2) is 18.2 Å². The maximum absolute atomic E-state index is 10.9. The van der Waals surface area contributed by atoms with Crippen LogP contribution in [0.5, 0.6) is 0 Å². The summed E-state index contributed by atoms with van der Waals surface area (Å²) in [6, 6.07) is 5.25. The van der Waals surface area contributed by atoms with Gasteiger partial charge in [-0.05, 0) is 51.8 Å². The lowest BCUT2D eigenvalue weighted by Crippen LogP contribution is -2.29. The van der Waals surface area contributed by atoms with Crippen molar-refractivity contribution in [1.82, 2.24) is 0 Å². The van der Waals surface area contributed by atoms with Gasteiger partial charge in [-0.25, -0.2) is 4.79 Å². The van der Waals surface area contributed by atoms with E-state index in [1.54, 1.807) is 13.8 Å². The molecule has 0 amide bonds. The van der Waals surface area contributed by atoms with Crippen molar-refractivity contribution < 1.29 is 29.0 Å². The molecule has 0 aliphatic carbocycles. The minimum Gasteiger partial charge on any atom is -0.480 e. The van der Waals surface area contributed by atoms with Crippen LogP contribution in [0.4, 0.5) is 5.69 Å². The zero-order valence-electron chi connectivity index (χ0n) is 15.9. The Labute approximate surface area is 153 Å². The molecule has 0 fully saturated rings. The van der Waals surface area contributed by atoms with Crippen molar-refractivity contribution in [1.29, 1.82) is 0 Å². The molecular weight excluding hydrogens is 340 g/mol. The second kappa shape index (κ2) is 11.9. The predicted octanol–water partition coefficient (Wildman–Crippen LogP) is 1.63. The number of hydrogen-bond acceptors (Lipinski definition) is 7. The molecule has 8 nitrogen and oxygen atoms in total. The Morgan fingerprint density at radius 3 is 2.35 bits per heavy atom. The van der Waals surface area contributed by atoms with Gasteiger partial charge in [0.2, 0.25) is 0 Å². The Morgan fingerprint density at radius 2 is 1.85 bits per heavy atom. The summed E-state index contributed by atoms with van der Waals surface area (Å²) in [4.78, 5) is 32.1. The molecular formula is C18H28N2O6. The summed E-state index contributed by atoms with van der Waals surface area (Å²) in [5.41, 5.74) is 8.11. The van der Waals surface area contributed by atoms with Crippen LogP contribution in [0.1, 0.15) is 31.9 Å². The van der Waals surface area contributed by atoms with Crippen LogP contribution in [0, 0.1) is 13.8 Å². The number of hydrogen-bond donors (Lipinski definition) is 3. The monoisotopic (exact) mass is 368 g/mol. The minimum absolute atomic E-state index is 0.232. The summed E-state index contributed by atoms with van der Waals surface area (Å²) in [6.45, 7) is 8.76. The average molecular weight is 368 g/mol. The molecule has 1 rings (SSSR count). The Hall–Kier alpha value is -2.61. The third-order valence-corrected chi connectivity index (χ3v) is 3.44. The summed E-state index contributed by atoms with van der Waals surface area (Å²) < 4.78 is 9.17. The van der Waals surface area contributed by atoms with Crippen LogP contribution in [-0.4, -0.2) is 48.3 Å². The van der Waals surface area contributed by atoms with Crippen molar-refractivity contribution in [2.75, 3.05) is 18.5 Å². The first-order valence-electron chi connectivity index (χ1n) is 8.25. The SMILES string of the molecule is CCOC(=O)C(C)OC(=O)CN.Cc1cccc(N[C@@H](C)C(=O)O)c1C. The molecule has 0 aliphatic heterocycles. The third-order valence-electron chi connectivity index (χ3n) is 3.44. The van der Waals surface area contributed by atoms with Gasteiger partial charge < -0.3 is 25.6 Å². The van der Waals surface area contributed by atoms with E-state index in [0.29, 0.717) is 0 Å². The molecule has 26 heavy (non-hydrogen) atoms. The molecule has 146 valence electrons. The average Bonchev–Trinajstić information content (AvgIpc) is 2.59. The zero-order chi connectivity index (χ0) is 20.3. The lowest BCUT2D eigenvalue weighted by atomic mass is 10.1. The van der Waals surface area contributed by atoms with Gasteiger partial charge in [0, 0.05) is 5.69 Å². The zero-order valence-corrected chi connectivity index (χ0v) is 15.9. The van der Waals surface area contributed by atoms with E-state index in [2.05, 4.69) is 14.8 Å². The lowest BCUT2D eigenvalue weighted by molar-refractivity contribution is -0.165. The first kappa shape index (κ1) is 23.4. The van der Waals surface area contributed by atoms with Crippen LogP contribution in [-0.2, 0) is 23.9 Å². The van der Waals surface area contributed by atoms with Gasteiger partial charge in [0.1, 0.15) is 6.04 Å². The standard InChI is InChI=1S/C11H15NO2.C7H13NO4/c1-7-5-4-6-10(8(7)2)12-9(3)11(13)14;1-3-11-7(10)5(2)12-6(9)4-8/h4-6,9,12H,1-3H3,(H,13,14);5H,3-4,8H2,1-2H3/t9-;/m0./s1. The van der Waals surface area contributed by atoms with E-state index in [1.807, 2.05) is 32.0 Å². The topological polar surface area (TPSA) is 128 Å². The van der Waals surface area contributed by atoms with Gasteiger partial charge in [-0.15, -0.1) is 0 Å². The number of aryl methyl sites for hydroxylation is 1. The number of aliphatic carboxylic acids is 1. The normalized spacial score (nSPS) is 12.1. The molecule has 0 saturated carbocycles. The Balaban J connectivity index is 0.000000488. The summed E-state index contributed by atoms with van der Waals surface area (Å²) in [5, 5.41) is 11.7. The molecule has 0 aliphatic rings. The number of nitrogens with two attached hydrogens (primary N) is 1. The second-order valence-corrected chi connectivity index (χ2v) is 5.54. The van der Waals surface area contributed by atoms with Crippen molar-refractivity contribution in [3.63, 3.8) is 0 Å². The maximum Gasteiger partial charge on any atom is 0.347 e. The fraction of sp³-hybridized carbons (Fsp3) is 0.500. The van der Waals surface area contributed by atoms with Crippen LogP contribution in [0.25, 0.3) is 0 Å². The number of carboxylic acid groups (broad SMARTS) is 1. The van der Waals surface area contributed by atoms with Crippen molar-refractivity contribution in [2.45, 2.75) is 46.8 Å². The number of carbonyl (C=O) groups is 3. The van der Waals surface area contributed by atoms with Crippen LogP contribution in [0.2, 0.25) is 0 Å². The van der Waals surface area contributed by atoms with Crippen LogP contribution < -0.4 is 11.1 Å². The second-order valence-electron chi connectivity index (χ2n) is 5.54. The van der Waals surface area contributed by atoms with Gasteiger partial charge in [-0.2, -0.15) is 0 Å². The van der Waals surface area contributed by atoms with Gasteiger partial charge >= 0.3 is 17.9 Å². The number of carbonyl (C=O) groups excluding carboxylic acids is 2. The highest BCUT2D eigenvalue weighted by Crippen LogP contribution is 2.18. The Morgan fingerprint density at radius 1 is 1.23 bits per heavy atom. The van der Waals surface area contributed by atoms with E-state index in [9.17, 15) is 14.4 Å². The quantitative estimate of drug-likeness (QED) is 0.620. The summed E-state index contributed by atoms with van der Waals surface area (Å²) >= 11 is 0. The number of rotatable bonds is 7. The highest BCUT2D eigenvalue weighted by Gasteiger charge is 2.17. The molecule has 0 spiro atoms. The van der Waals surface area contributed by atoms with E-state index >= 15 is 0 Å². The van der Waals surface area contributed by atoms with Gasteiger partial charge in [0.25, 0.3) is 0 Å². The van der Waals surface area contributed by atoms with Crippen molar-refractivity contribution in [2.24, 2.45) is 5.73 Å². The molecule has 0 radical (unpaired) electrons. The number of anilines is 1. The van der Waals surface area contributed by atoms with Crippen LogP contribution in [0.3, 0.4) is 0 Å². The molecule has 1 aromatic rings. The largest absolute Gasteiger partial charge is 0.480 e. The highest BCUT2D eigenvalue weighted by molar-refractivity contribution is 5.79. The molecule has 0 bridgehead atoms. The smallest absolute Gasteiger partial charge is 0.347 e. The number of nitrogens with one attached hydrogen (secondary N) is 1. The molecule has 4 N–H and O–H groups in total. The molecule has 1 unspecified atom stereocenters. The Kier molecular flexibility index (Phi) is 10.7. The summed E-state index contributed by atoms with van der Waals surface area (Å²) in [6.07, 6.45) is -0.874. The van der Waals surface area contributed by atoms with Gasteiger partial charge in [-0.1, -0.05) is 12.1 Å². The lowest BCUT2D eigenvalue weighted by Gasteiger charge is -2.14. The Bertz CT molecular complexity index is 618. The van der Waals surface area contributed by atoms with E-state index in [1.165, 1.54) is 6.92 Å². The van der Waals surface area contributed by atoms with Gasteiger partial charge in [0.15, 0.2) is 6.10 Å². The van der Waals surface area contributed by atoms with E-state index in [0.717, 1.165) is 16.8 Å². The molecule has 2 atom stereocenters. The fourth-order valence-corrected chi connectivity index (χ4v) is 1.76. The number of benzene rings is 1. The minimum atomic E-state index is -0.874. The fourth-order valence-electron chi connectivity index (χ4n) is 1.76. The number of esters is 2. The summed E-state index contributed by atoms with van der Waals surface area (Å²) in [7, 11) is 0. The maximum atomic E-state index is 10.9. The molecule has 1 aromatic carbocycles. The van der Waals surface area contributed by atoms with Crippen molar-refractivity contribution in [3.8, 4) is 0 Å². The first-order chi connectivity index (χ1) is 12.1. The summed E-state index contributed by atoms with van der Waals surface area (Å²) in [5.74, 6) is -2.01. The predicted molar refractivity (Wildman–Crippen MR) is 97.9 cm³/mol. The first-order valence-corrected chi connectivity index (χ1v) is 8.25. The number of carboxylic acids is 1. The van der Waals surface area contributed by atoms with Crippen molar-refractivity contribution >= 4 is 23.6 Å². The highest BCUT2D eigenvalue weighted by atomic mass is 16.6. The molecule has 0 aromatic heterocycles. The molecule has 8 heteroatoms. The van der Waals surface area contributed by atoms with Crippen LogP contribution >= 0.6 is 0 Å². The molecule has 0 heterocycles. The van der Waals surface area contributed by atoms with E-state index in [-0.39, 0.29) is 13.2 Å². The number of ether oxygens (including phenoxy) is 2. The van der Waals surface area contributed by atoms with Crippen molar-refractivity contribution in [3.05, 3.63) is 29.3 Å². The van der Waals surface area contributed by atoms with E-state index < -0.39 is 30.1 Å². The van der Waals surface area contributed by atoms with E-state index in [4.69, 9.17) is 10.8 Å². The third kappa shape index (κ3) is 8.48. The van der Waals surface area contributed by atoms with Gasteiger partial charge in [-0.3, -0.25) is 9.59 Å².